The summed E-state index contributed by atoms with van der Waals surface area (Å²) < 4.78 is 0.945. The minimum atomic E-state index is -0.294. The number of aromatic nitrogens is 1. The van der Waals surface area contributed by atoms with Gasteiger partial charge in [-0.2, -0.15) is 0 Å². The Hall–Kier alpha value is -1.44. The number of hydrogen-bond donors (Lipinski definition) is 2. The van der Waals surface area contributed by atoms with E-state index >= 15 is 0 Å². The van der Waals surface area contributed by atoms with Crippen LogP contribution in [-0.2, 0) is 11.3 Å². The van der Waals surface area contributed by atoms with Gasteiger partial charge in [-0.05, 0) is 11.6 Å². The number of hydrogen-bond acceptors (Lipinski definition) is 5. The molecular formula is C14H15BrN4OS. The SMILES string of the molecule is Nc1ncc(CN2CCNC(=O)C2c2ccccc2Br)s1. The molecule has 0 radical (unpaired) electrons. The smallest absolute Gasteiger partial charge is 0.242 e. The Morgan fingerprint density at radius 1 is 1.48 bits per heavy atom. The molecule has 1 aliphatic heterocycles. The number of carbonyl (C=O) groups is 1. The van der Waals surface area contributed by atoms with Crippen LogP contribution in [0.2, 0.25) is 0 Å². The molecule has 0 saturated carbocycles. The highest BCUT2D eigenvalue weighted by Crippen LogP contribution is 2.31. The van der Waals surface area contributed by atoms with E-state index in [9.17, 15) is 4.79 Å². The van der Waals surface area contributed by atoms with Crippen LogP contribution in [0.15, 0.2) is 34.9 Å². The maximum atomic E-state index is 12.3. The molecule has 0 aliphatic carbocycles. The molecule has 5 nitrogen and oxygen atoms in total. The van der Waals surface area contributed by atoms with Gasteiger partial charge < -0.3 is 11.1 Å². The summed E-state index contributed by atoms with van der Waals surface area (Å²) in [6, 6.07) is 7.54. The van der Waals surface area contributed by atoms with Crippen molar-refractivity contribution in [2.24, 2.45) is 0 Å². The number of nitrogens with one attached hydrogen (secondary N) is 1. The first-order chi connectivity index (χ1) is 10.1. The molecule has 1 atom stereocenters. The van der Waals surface area contributed by atoms with Gasteiger partial charge in [0.2, 0.25) is 5.91 Å². The molecule has 2 heterocycles. The molecule has 1 aromatic heterocycles. The van der Waals surface area contributed by atoms with E-state index in [4.69, 9.17) is 5.73 Å². The maximum Gasteiger partial charge on any atom is 0.242 e. The average Bonchev–Trinajstić information content (AvgIpc) is 2.86. The number of anilines is 1. The Morgan fingerprint density at radius 2 is 2.29 bits per heavy atom. The second kappa shape index (κ2) is 6.13. The number of carbonyl (C=O) groups excluding carboxylic acids is 1. The lowest BCUT2D eigenvalue weighted by Crippen LogP contribution is -2.49. The number of thiazole rings is 1. The van der Waals surface area contributed by atoms with Crippen LogP contribution in [0.5, 0.6) is 0 Å². The summed E-state index contributed by atoms with van der Waals surface area (Å²) in [4.78, 5) is 19.6. The van der Waals surface area contributed by atoms with E-state index in [-0.39, 0.29) is 11.9 Å². The van der Waals surface area contributed by atoms with Crippen LogP contribution in [-0.4, -0.2) is 28.9 Å². The number of nitrogen functional groups attached to an aromatic ring is 1. The van der Waals surface area contributed by atoms with Gasteiger partial charge in [0, 0.05) is 35.2 Å². The van der Waals surface area contributed by atoms with Crippen molar-refractivity contribution < 1.29 is 4.79 Å². The summed E-state index contributed by atoms with van der Waals surface area (Å²) in [5.41, 5.74) is 6.66. The molecule has 21 heavy (non-hydrogen) atoms. The predicted molar refractivity (Wildman–Crippen MR) is 86.8 cm³/mol. The first-order valence-electron chi connectivity index (χ1n) is 6.61. The highest BCUT2D eigenvalue weighted by molar-refractivity contribution is 9.10. The van der Waals surface area contributed by atoms with E-state index < -0.39 is 0 Å². The van der Waals surface area contributed by atoms with Crippen molar-refractivity contribution >= 4 is 38.3 Å². The van der Waals surface area contributed by atoms with Gasteiger partial charge in [0.1, 0.15) is 6.04 Å². The number of halogens is 1. The van der Waals surface area contributed by atoms with Gasteiger partial charge in [0.25, 0.3) is 0 Å². The zero-order valence-electron chi connectivity index (χ0n) is 11.3. The number of piperazine rings is 1. The minimum absolute atomic E-state index is 0.0330. The minimum Gasteiger partial charge on any atom is -0.375 e. The number of rotatable bonds is 3. The normalized spacial score (nSPS) is 19.5. The van der Waals surface area contributed by atoms with E-state index in [2.05, 4.69) is 31.1 Å². The third-order valence-corrected chi connectivity index (χ3v) is 4.98. The van der Waals surface area contributed by atoms with Crippen LogP contribution < -0.4 is 11.1 Å². The Morgan fingerprint density at radius 3 is 3.00 bits per heavy atom. The van der Waals surface area contributed by atoms with Gasteiger partial charge in [-0.25, -0.2) is 4.98 Å². The predicted octanol–water partition coefficient (Wildman–Crippen LogP) is 2.16. The van der Waals surface area contributed by atoms with E-state index in [1.165, 1.54) is 11.3 Å². The van der Waals surface area contributed by atoms with Crippen LogP contribution in [0.25, 0.3) is 0 Å². The standard InChI is InChI=1S/C14H15BrN4OS/c15-11-4-2-1-3-10(11)12-13(20)17-5-6-19(12)8-9-7-18-14(16)21-9/h1-4,7,12H,5-6,8H2,(H2,16,18)(H,17,20). The third kappa shape index (κ3) is 3.09. The van der Waals surface area contributed by atoms with E-state index in [0.717, 1.165) is 21.5 Å². The summed E-state index contributed by atoms with van der Waals surface area (Å²) in [7, 11) is 0. The molecule has 7 heteroatoms. The van der Waals surface area contributed by atoms with Gasteiger partial charge in [0.05, 0.1) is 0 Å². The number of amides is 1. The van der Waals surface area contributed by atoms with Crippen molar-refractivity contribution in [3.8, 4) is 0 Å². The fraction of sp³-hybridized carbons (Fsp3) is 0.286. The Bertz CT molecular complexity index is 660. The largest absolute Gasteiger partial charge is 0.375 e. The van der Waals surface area contributed by atoms with Crippen LogP contribution >= 0.6 is 27.3 Å². The van der Waals surface area contributed by atoms with Crippen LogP contribution in [0.4, 0.5) is 5.13 Å². The van der Waals surface area contributed by atoms with Crippen LogP contribution in [0.3, 0.4) is 0 Å². The molecular weight excluding hydrogens is 352 g/mol. The zero-order valence-corrected chi connectivity index (χ0v) is 13.7. The highest BCUT2D eigenvalue weighted by Gasteiger charge is 2.32. The highest BCUT2D eigenvalue weighted by atomic mass is 79.9. The molecule has 0 bridgehead atoms. The average molecular weight is 367 g/mol. The van der Waals surface area contributed by atoms with Crippen molar-refractivity contribution in [2.45, 2.75) is 12.6 Å². The molecule has 3 N–H and O–H groups in total. The molecule has 1 saturated heterocycles. The zero-order chi connectivity index (χ0) is 14.8. The molecule has 1 aromatic carbocycles. The fourth-order valence-electron chi connectivity index (χ4n) is 2.52. The summed E-state index contributed by atoms with van der Waals surface area (Å²) in [6.07, 6.45) is 1.78. The molecule has 1 amide bonds. The van der Waals surface area contributed by atoms with Gasteiger partial charge in [0.15, 0.2) is 5.13 Å². The summed E-state index contributed by atoms with van der Waals surface area (Å²) >= 11 is 5.01. The number of nitrogens with two attached hydrogens (primary N) is 1. The van der Waals surface area contributed by atoms with E-state index in [0.29, 0.717) is 18.2 Å². The molecule has 1 aliphatic rings. The topological polar surface area (TPSA) is 71.2 Å². The summed E-state index contributed by atoms with van der Waals surface area (Å²) in [6.45, 7) is 2.14. The number of benzene rings is 1. The fourth-order valence-corrected chi connectivity index (χ4v) is 3.73. The molecule has 2 aromatic rings. The summed E-state index contributed by atoms with van der Waals surface area (Å²) in [5.74, 6) is 0.0330. The molecule has 110 valence electrons. The molecule has 1 fully saturated rings. The molecule has 0 spiro atoms. The van der Waals surface area contributed by atoms with Crippen molar-refractivity contribution in [3.63, 3.8) is 0 Å². The second-order valence-electron chi connectivity index (χ2n) is 4.85. The second-order valence-corrected chi connectivity index (χ2v) is 6.85. The van der Waals surface area contributed by atoms with Crippen molar-refractivity contribution in [1.82, 2.24) is 15.2 Å². The molecule has 3 rings (SSSR count). The Labute approximate surface area is 135 Å². The van der Waals surface area contributed by atoms with Crippen molar-refractivity contribution in [2.75, 3.05) is 18.8 Å². The van der Waals surface area contributed by atoms with Crippen molar-refractivity contribution in [1.29, 1.82) is 0 Å². The van der Waals surface area contributed by atoms with E-state index in [1.807, 2.05) is 24.3 Å². The van der Waals surface area contributed by atoms with Gasteiger partial charge >= 0.3 is 0 Å². The quantitative estimate of drug-likeness (QED) is 0.872. The summed E-state index contributed by atoms with van der Waals surface area (Å²) in [5, 5.41) is 3.50. The monoisotopic (exact) mass is 366 g/mol. The van der Waals surface area contributed by atoms with Crippen LogP contribution in [0.1, 0.15) is 16.5 Å². The van der Waals surface area contributed by atoms with Gasteiger partial charge in [-0.3, -0.25) is 9.69 Å². The van der Waals surface area contributed by atoms with Gasteiger partial charge in [-0.1, -0.05) is 34.1 Å². The van der Waals surface area contributed by atoms with Gasteiger partial charge in [-0.15, -0.1) is 11.3 Å². The third-order valence-electron chi connectivity index (χ3n) is 3.44. The number of nitrogens with zero attached hydrogens (tertiary/aromatic N) is 2. The molecule has 1 unspecified atom stereocenters. The maximum absolute atomic E-state index is 12.3. The Kier molecular flexibility index (Phi) is 4.23. The lowest BCUT2D eigenvalue weighted by molar-refractivity contribution is -0.129. The first kappa shape index (κ1) is 14.5. The Balaban J connectivity index is 1.90. The van der Waals surface area contributed by atoms with Crippen LogP contribution in [0, 0.1) is 0 Å². The lowest BCUT2D eigenvalue weighted by atomic mass is 10.0. The van der Waals surface area contributed by atoms with E-state index in [1.54, 1.807) is 6.20 Å². The lowest BCUT2D eigenvalue weighted by Gasteiger charge is -2.35. The first-order valence-corrected chi connectivity index (χ1v) is 8.22. The van der Waals surface area contributed by atoms with Crippen molar-refractivity contribution in [3.05, 3.63) is 45.4 Å².